The van der Waals surface area contributed by atoms with E-state index in [4.69, 9.17) is 4.74 Å². The average molecular weight is 276 g/mol. The van der Waals surface area contributed by atoms with Crippen molar-refractivity contribution < 1.29 is 14.5 Å². The van der Waals surface area contributed by atoms with Gasteiger partial charge >= 0.3 is 0 Å². The van der Waals surface area contributed by atoms with Gasteiger partial charge in [0.2, 0.25) is 0 Å². The van der Waals surface area contributed by atoms with Gasteiger partial charge in [-0.1, -0.05) is 0 Å². The molecule has 20 heavy (non-hydrogen) atoms. The van der Waals surface area contributed by atoms with Gasteiger partial charge in [0.1, 0.15) is 5.75 Å². The zero-order chi connectivity index (χ0) is 14.5. The molecule has 1 heterocycles. The van der Waals surface area contributed by atoms with Crippen molar-refractivity contribution in [2.45, 2.75) is 6.54 Å². The lowest BCUT2D eigenvalue weighted by Crippen LogP contribution is -2.23. The Morgan fingerprint density at radius 2 is 2.35 bits per heavy atom. The standard InChI is InChI=1S/C12H12N4O4/c1-20-11-4-9(16(18)19)2-3-10(11)12(17)13-5-8-6-14-15-7-8/h2-4,6-7H,5H2,1H3,(H,13,17)(H,14,15). The number of aromatic amines is 1. The Balaban J connectivity index is 2.14. The molecule has 0 bridgehead atoms. The summed E-state index contributed by atoms with van der Waals surface area (Å²) in [6.45, 7) is 0.301. The topological polar surface area (TPSA) is 110 Å². The van der Waals surface area contributed by atoms with Gasteiger partial charge in [-0.2, -0.15) is 5.10 Å². The summed E-state index contributed by atoms with van der Waals surface area (Å²) in [7, 11) is 1.35. The van der Waals surface area contributed by atoms with Crippen LogP contribution >= 0.6 is 0 Å². The van der Waals surface area contributed by atoms with Gasteiger partial charge in [0.05, 0.1) is 29.9 Å². The van der Waals surface area contributed by atoms with Crippen molar-refractivity contribution >= 4 is 11.6 Å². The highest BCUT2D eigenvalue weighted by Crippen LogP contribution is 2.24. The molecule has 0 saturated heterocycles. The summed E-state index contributed by atoms with van der Waals surface area (Å²) in [4.78, 5) is 22.1. The summed E-state index contributed by atoms with van der Waals surface area (Å²) < 4.78 is 5.01. The number of H-pyrrole nitrogens is 1. The van der Waals surface area contributed by atoms with E-state index in [9.17, 15) is 14.9 Å². The van der Waals surface area contributed by atoms with Gasteiger partial charge in [-0.3, -0.25) is 20.0 Å². The first kappa shape index (κ1) is 13.5. The average Bonchev–Trinajstić information content (AvgIpc) is 2.97. The second-order valence-electron chi connectivity index (χ2n) is 3.93. The van der Waals surface area contributed by atoms with E-state index in [0.29, 0.717) is 6.54 Å². The molecule has 8 nitrogen and oxygen atoms in total. The van der Waals surface area contributed by atoms with E-state index in [1.807, 2.05) is 0 Å². The number of nitrogens with zero attached hydrogens (tertiary/aromatic N) is 2. The maximum atomic E-state index is 12.0. The Hall–Kier alpha value is -2.90. The molecule has 104 valence electrons. The van der Waals surface area contributed by atoms with E-state index in [-0.39, 0.29) is 22.9 Å². The van der Waals surface area contributed by atoms with Crippen molar-refractivity contribution in [3.05, 3.63) is 51.8 Å². The van der Waals surface area contributed by atoms with Crippen molar-refractivity contribution in [1.82, 2.24) is 15.5 Å². The summed E-state index contributed by atoms with van der Waals surface area (Å²) in [6.07, 6.45) is 3.25. The van der Waals surface area contributed by atoms with Crippen molar-refractivity contribution in [1.29, 1.82) is 0 Å². The first-order valence-corrected chi connectivity index (χ1v) is 5.70. The smallest absolute Gasteiger partial charge is 0.273 e. The van der Waals surface area contributed by atoms with Crippen molar-refractivity contribution in [2.75, 3.05) is 7.11 Å². The number of methoxy groups -OCH3 is 1. The largest absolute Gasteiger partial charge is 0.496 e. The molecular weight excluding hydrogens is 264 g/mol. The number of hydrogen-bond donors (Lipinski definition) is 2. The van der Waals surface area contributed by atoms with E-state index < -0.39 is 4.92 Å². The van der Waals surface area contributed by atoms with Gasteiger partial charge in [-0.25, -0.2) is 0 Å². The minimum absolute atomic E-state index is 0.131. The maximum absolute atomic E-state index is 12.0. The molecule has 8 heteroatoms. The van der Waals surface area contributed by atoms with Gasteiger partial charge in [-0.15, -0.1) is 0 Å². The van der Waals surface area contributed by atoms with Crippen molar-refractivity contribution in [3.8, 4) is 5.75 Å². The first-order valence-electron chi connectivity index (χ1n) is 5.70. The fraction of sp³-hybridized carbons (Fsp3) is 0.167. The summed E-state index contributed by atoms with van der Waals surface area (Å²) in [5, 5.41) is 19.7. The lowest BCUT2D eigenvalue weighted by molar-refractivity contribution is -0.384. The van der Waals surface area contributed by atoms with Crippen LogP contribution in [-0.4, -0.2) is 28.1 Å². The van der Waals surface area contributed by atoms with Crippen LogP contribution in [0.15, 0.2) is 30.6 Å². The molecular formula is C12H12N4O4. The molecule has 0 atom stereocenters. The van der Waals surface area contributed by atoms with Gasteiger partial charge in [0.25, 0.3) is 11.6 Å². The van der Waals surface area contributed by atoms with Crippen LogP contribution in [0.3, 0.4) is 0 Å². The number of ether oxygens (including phenoxy) is 1. The van der Waals surface area contributed by atoms with Crippen LogP contribution in [0.1, 0.15) is 15.9 Å². The van der Waals surface area contributed by atoms with E-state index >= 15 is 0 Å². The summed E-state index contributed by atoms with van der Waals surface area (Å²) >= 11 is 0. The number of aromatic nitrogens is 2. The molecule has 2 rings (SSSR count). The molecule has 1 amide bonds. The molecule has 0 spiro atoms. The van der Waals surface area contributed by atoms with Gasteiger partial charge in [0, 0.05) is 24.4 Å². The number of nitro groups is 1. The molecule has 2 aromatic rings. The molecule has 2 N–H and O–H groups in total. The zero-order valence-corrected chi connectivity index (χ0v) is 10.6. The maximum Gasteiger partial charge on any atom is 0.273 e. The second kappa shape index (κ2) is 5.83. The molecule has 1 aromatic carbocycles. The number of nitrogens with one attached hydrogen (secondary N) is 2. The first-order chi connectivity index (χ1) is 9.61. The Morgan fingerprint density at radius 3 is 2.95 bits per heavy atom. The lowest BCUT2D eigenvalue weighted by atomic mass is 10.1. The van der Waals surface area contributed by atoms with Crippen LogP contribution in [0, 0.1) is 10.1 Å². The van der Waals surface area contributed by atoms with E-state index in [2.05, 4.69) is 15.5 Å². The second-order valence-corrected chi connectivity index (χ2v) is 3.93. The highest BCUT2D eigenvalue weighted by atomic mass is 16.6. The van der Waals surface area contributed by atoms with E-state index in [0.717, 1.165) is 5.56 Å². The summed E-state index contributed by atoms with van der Waals surface area (Å²) in [6, 6.07) is 3.84. The summed E-state index contributed by atoms with van der Waals surface area (Å²) in [5.41, 5.74) is 0.925. The molecule has 0 aliphatic heterocycles. The predicted octanol–water partition coefficient (Wildman–Crippen LogP) is 1.26. The Bertz CT molecular complexity index is 624. The third-order valence-electron chi connectivity index (χ3n) is 2.65. The fourth-order valence-corrected chi connectivity index (χ4v) is 1.63. The van der Waals surface area contributed by atoms with Crippen molar-refractivity contribution in [3.63, 3.8) is 0 Å². The Kier molecular flexibility index (Phi) is 3.94. The Morgan fingerprint density at radius 1 is 1.55 bits per heavy atom. The molecule has 0 saturated carbocycles. The zero-order valence-electron chi connectivity index (χ0n) is 10.6. The van der Waals surface area contributed by atoms with Crippen LogP contribution in [-0.2, 0) is 6.54 Å². The number of carbonyl (C=O) groups is 1. The minimum Gasteiger partial charge on any atom is -0.496 e. The number of amides is 1. The number of carbonyl (C=O) groups excluding carboxylic acids is 1. The van der Waals surface area contributed by atoms with Crippen LogP contribution < -0.4 is 10.1 Å². The fourth-order valence-electron chi connectivity index (χ4n) is 1.63. The van der Waals surface area contributed by atoms with Gasteiger partial charge < -0.3 is 10.1 Å². The van der Waals surface area contributed by atoms with Crippen LogP contribution in [0.5, 0.6) is 5.75 Å². The number of nitro benzene ring substituents is 1. The molecule has 0 aliphatic carbocycles. The van der Waals surface area contributed by atoms with Gasteiger partial charge in [-0.05, 0) is 6.07 Å². The Labute approximate surface area is 113 Å². The third-order valence-corrected chi connectivity index (χ3v) is 2.65. The quantitative estimate of drug-likeness (QED) is 0.631. The SMILES string of the molecule is COc1cc([N+](=O)[O-])ccc1C(=O)NCc1cn[nH]c1. The number of benzene rings is 1. The molecule has 0 radical (unpaired) electrons. The van der Waals surface area contributed by atoms with Crippen molar-refractivity contribution in [2.24, 2.45) is 0 Å². The van der Waals surface area contributed by atoms with Crippen LogP contribution in [0.4, 0.5) is 5.69 Å². The number of non-ortho nitro benzene ring substituents is 1. The molecule has 0 fully saturated rings. The predicted molar refractivity (Wildman–Crippen MR) is 69.4 cm³/mol. The monoisotopic (exact) mass is 276 g/mol. The molecule has 1 aromatic heterocycles. The van der Waals surface area contributed by atoms with Crippen LogP contribution in [0.2, 0.25) is 0 Å². The lowest BCUT2D eigenvalue weighted by Gasteiger charge is -2.08. The van der Waals surface area contributed by atoms with Gasteiger partial charge in [0.15, 0.2) is 0 Å². The van der Waals surface area contributed by atoms with Crippen LogP contribution in [0.25, 0.3) is 0 Å². The third kappa shape index (κ3) is 2.91. The minimum atomic E-state index is -0.546. The van der Waals surface area contributed by atoms with E-state index in [1.54, 1.807) is 12.4 Å². The van der Waals surface area contributed by atoms with E-state index in [1.165, 1.54) is 25.3 Å². The number of rotatable bonds is 5. The molecule has 0 aliphatic rings. The highest BCUT2D eigenvalue weighted by Gasteiger charge is 2.16. The summed E-state index contributed by atoms with van der Waals surface area (Å²) in [5.74, 6) is -0.221. The normalized spacial score (nSPS) is 10.1. The molecule has 0 unspecified atom stereocenters. The number of hydrogen-bond acceptors (Lipinski definition) is 5. The highest BCUT2D eigenvalue weighted by molar-refractivity contribution is 5.97.